The molecule has 0 N–H and O–H groups in total. The van der Waals surface area contributed by atoms with Crippen LogP contribution in [0.15, 0.2) is 205 Å². The Hall–Kier alpha value is -8.94. The maximum atomic E-state index is 6.55. The lowest BCUT2D eigenvalue weighted by Gasteiger charge is -2.45. The molecule has 7 heteroatoms. The van der Waals surface area contributed by atoms with Crippen molar-refractivity contribution >= 4 is 96.0 Å². The predicted molar refractivity (Wildman–Crippen MR) is 353 cm³/mol. The van der Waals surface area contributed by atoms with Gasteiger partial charge in [-0.1, -0.05) is 179 Å². The first kappa shape index (κ1) is 51.9. The van der Waals surface area contributed by atoms with Gasteiger partial charge in [0.05, 0.1) is 11.4 Å². The first-order valence-electron chi connectivity index (χ1n) is 29.9. The fourth-order valence-electron chi connectivity index (χ4n) is 13.9. The van der Waals surface area contributed by atoms with E-state index < -0.39 is 0 Å². The van der Waals surface area contributed by atoms with E-state index in [2.05, 4.69) is 279 Å². The van der Waals surface area contributed by atoms with Crippen LogP contribution in [-0.4, -0.2) is 19.9 Å². The molecular weight excluding hydrogens is 1030 g/mol. The van der Waals surface area contributed by atoms with E-state index in [9.17, 15) is 0 Å². The Morgan fingerprint density at radius 3 is 1.67 bits per heavy atom. The molecule has 0 spiro atoms. The van der Waals surface area contributed by atoms with Crippen molar-refractivity contribution < 1.29 is 13.9 Å². The highest BCUT2D eigenvalue weighted by Gasteiger charge is 2.46. The summed E-state index contributed by atoms with van der Waals surface area (Å²) in [7, 11) is 0. The van der Waals surface area contributed by atoms with Gasteiger partial charge in [-0.3, -0.25) is 0 Å². The Morgan fingerprint density at radius 1 is 0.464 bits per heavy atom. The zero-order valence-corrected chi connectivity index (χ0v) is 50.1. The van der Waals surface area contributed by atoms with E-state index in [1.807, 2.05) is 12.1 Å². The monoisotopic (exact) mass is 1100 g/mol. The minimum atomic E-state index is -0.271. The molecule has 84 heavy (non-hydrogen) atoms. The smallest absolute Gasteiger partial charge is 0.252 e. The number of para-hydroxylation sites is 1. The second kappa shape index (κ2) is 18.5. The number of anilines is 9. The molecule has 3 aliphatic heterocycles. The van der Waals surface area contributed by atoms with Crippen LogP contribution in [0.5, 0.6) is 11.5 Å². The summed E-state index contributed by atoms with van der Waals surface area (Å²) in [6.07, 6.45) is 0. The average molecular weight is 1100 g/mol. The van der Waals surface area contributed by atoms with Crippen LogP contribution in [0.2, 0.25) is 0 Å². The number of fused-ring (bicyclic) bond motifs is 11. The van der Waals surface area contributed by atoms with E-state index in [-0.39, 0.29) is 28.4 Å². The lowest BCUT2D eigenvalue weighted by molar-refractivity contribution is 0.172. The largest absolute Gasteiger partial charge is 0.486 e. The summed E-state index contributed by atoms with van der Waals surface area (Å²) in [6.45, 7) is 26.3. The molecule has 0 atom stereocenters. The summed E-state index contributed by atoms with van der Waals surface area (Å²) < 4.78 is 19.6. The highest BCUT2D eigenvalue weighted by Crippen LogP contribution is 2.56. The van der Waals surface area contributed by atoms with Crippen molar-refractivity contribution in [1.82, 2.24) is 0 Å². The van der Waals surface area contributed by atoms with Gasteiger partial charge in [-0.15, -0.1) is 0 Å². The quantitative estimate of drug-likeness (QED) is 0.155. The minimum Gasteiger partial charge on any atom is -0.486 e. The lowest BCUT2D eigenvalue weighted by atomic mass is 9.33. The van der Waals surface area contributed by atoms with Crippen LogP contribution < -0.4 is 40.6 Å². The molecule has 11 aromatic rings. The lowest BCUT2D eigenvalue weighted by Crippen LogP contribution is -2.61. The van der Waals surface area contributed by atoms with Gasteiger partial charge in [-0.05, 0) is 168 Å². The number of ether oxygens (including phenoxy) is 2. The molecule has 0 bridgehead atoms. The predicted octanol–water partition coefficient (Wildman–Crippen LogP) is 18.8. The van der Waals surface area contributed by atoms with Crippen LogP contribution in [0, 0.1) is 0 Å². The number of benzene rings is 10. The van der Waals surface area contributed by atoms with Gasteiger partial charge in [-0.2, -0.15) is 0 Å². The van der Waals surface area contributed by atoms with Crippen molar-refractivity contribution in [2.45, 2.75) is 97.8 Å². The highest BCUT2D eigenvalue weighted by atomic mass is 16.6. The first-order valence-corrected chi connectivity index (χ1v) is 29.9. The number of rotatable bonds is 6. The second-order valence-electron chi connectivity index (χ2n) is 27.2. The summed E-state index contributed by atoms with van der Waals surface area (Å²) in [6, 6.07) is 75.4. The van der Waals surface area contributed by atoms with Gasteiger partial charge >= 0.3 is 0 Å². The molecule has 6 nitrogen and oxygen atoms in total. The van der Waals surface area contributed by atoms with Gasteiger partial charge in [0.1, 0.15) is 24.6 Å². The van der Waals surface area contributed by atoms with E-state index in [1.54, 1.807) is 0 Å². The zero-order valence-electron chi connectivity index (χ0n) is 50.1. The third-order valence-electron chi connectivity index (χ3n) is 18.5. The van der Waals surface area contributed by atoms with Gasteiger partial charge < -0.3 is 28.6 Å². The molecule has 0 radical (unpaired) electrons. The Morgan fingerprint density at radius 2 is 1.02 bits per heavy atom. The van der Waals surface area contributed by atoms with Gasteiger partial charge in [0.2, 0.25) is 0 Å². The van der Waals surface area contributed by atoms with Crippen molar-refractivity contribution in [2.24, 2.45) is 0 Å². The summed E-state index contributed by atoms with van der Waals surface area (Å²) in [5, 5.41) is 3.49. The van der Waals surface area contributed by atoms with Crippen molar-refractivity contribution in [1.29, 1.82) is 0 Å². The number of hydrogen-bond acceptors (Lipinski definition) is 6. The number of furan rings is 1. The second-order valence-corrected chi connectivity index (χ2v) is 27.2. The van der Waals surface area contributed by atoms with Crippen LogP contribution in [0.4, 0.5) is 51.2 Å². The molecule has 15 rings (SSSR count). The Balaban J connectivity index is 1.06. The maximum Gasteiger partial charge on any atom is 0.252 e. The van der Waals surface area contributed by atoms with Gasteiger partial charge in [-0.25, -0.2) is 0 Å². The maximum absolute atomic E-state index is 6.55. The molecule has 0 unspecified atom stereocenters. The van der Waals surface area contributed by atoms with Crippen LogP contribution in [0.25, 0.3) is 44.2 Å². The molecule has 4 aliphatic rings. The minimum absolute atomic E-state index is 0.0309. The standard InChI is InChI=1S/C77H70BN3O3/c1-74(2,3)49-26-33-53(34-27-49)80-63-37-30-51(76(7,8)9)41-61(63)78-62-45-70-71(83-39-38-82-70)46-65(62)81(54-35-28-50(29-36-54)75(4,5)6)67-43-55(42-66(80)73(67)78)79(52-31-24-47(25-32-52)69-40-48-18-12-17-23-68(48)84-69)64-44-60-72(57-20-14-13-19-56(57)64)58-21-15-16-22-59(58)77(60,10)11/h12-37,40-46H,38-39H2,1-11H3. The van der Waals surface area contributed by atoms with Gasteiger partial charge in [0, 0.05) is 67.6 Å². The Labute approximate surface area is 495 Å². The SMILES string of the molecule is CC(C)(C)c1ccc(N2c3ccc(C(C)(C)C)cc3B3c4cc5c(cc4N(c4ccc(C(C)(C)C)cc4)c4cc(N(c6ccc(-c7cc8ccccc8o7)cc6)c6cc7c(c8ccccc68)-c6ccccc6C7(C)C)cc2c43)OCCO5)cc1. The van der Waals surface area contributed by atoms with Gasteiger partial charge in [0.15, 0.2) is 11.5 Å². The fourth-order valence-corrected chi connectivity index (χ4v) is 13.9. The third kappa shape index (κ3) is 8.13. The molecule has 0 saturated heterocycles. The third-order valence-corrected chi connectivity index (χ3v) is 18.5. The molecule has 414 valence electrons. The zero-order chi connectivity index (χ0) is 57.8. The van der Waals surface area contributed by atoms with Crippen molar-refractivity contribution in [2.75, 3.05) is 27.9 Å². The van der Waals surface area contributed by atoms with Crippen LogP contribution in [-0.2, 0) is 21.7 Å². The molecule has 4 heterocycles. The van der Waals surface area contributed by atoms with E-state index in [0.717, 1.165) is 85.0 Å². The summed E-state index contributed by atoms with van der Waals surface area (Å²) in [5.74, 6) is 2.38. The van der Waals surface area contributed by atoms with E-state index >= 15 is 0 Å². The molecule has 0 saturated carbocycles. The fraction of sp³-hybridized carbons (Fsp3) is 0.221. The first-order chi connectivity index (χ1) is 40.3. The Kier molecular flexibility index (Phi) is 11.5. The van der Waals surface area contributed by atoms with Crippen molar-refractivity contribution in [3.8, 4) is 33.9 Å². The molecule has 10 aromatic carbocycles. The molecular formula is C77H70BN3O3. The van der Waals surface area contributed by atoms with Crippen molar-refractivity contribution in [3.63, 3.8) is 0 Å². The van der Waals surface area contributed by atoms with Crippen LogP contribution in [0.3, 0.4) is 0 Å². The topological polar surface area (TPSA) is 41.3 Å². The normalized spacial score (nSPS) is 14.7. The van der Waals surface area contributed by atoms with Crippen LogP contribution >= 0.6 is 0 Å². The Bertz CT molecular complexity index is 4440. The molecule has 0 amide bonds. The van der Waals surface area contributed by atoms with Crippen LogP contribution in [0.1, 0.15) is 104 Å². The summed E-state index contributed by atoms with van der Waals surface area (Å²) in [5.41, 5.74) is 24.0. The number of nitrogens with zero attached hydrogens (tertiary/aromatic N) is 3. The van der Waals surface area contributed by atoms with Crippen molar-refractivity contribution in [3.05, 3.63) is 228 Å². The van der Waals surface area contributed by atoms with E-state index in [4.69, 9.17) is 13.9 Å². The summed E-state index contributed by atoms with van der Waals surface area (Å²) in [4.78, 5) is 7.61. The van der Waals surface area contributed by atoms with E-state index in [0.29, 0.717) is 13.2 Å². The molecule has 0 fully saturated rings. The summed E-state index contributed by atoms with van der Waals surface area (Å²) >= 11 is 0. The molecule has 1 aromatic heterocycles. The van der Waals surface area contributed by atoms with Gasteiger partial charge in [0.25, 0.3) is 6.71 Å². The van der Waals surface area contributed by atoms with E-state index in [1.165, 1.54) is 66.1 Å². The average Bonchev–Trinajstić information content (AvgIpc) is 0.871. The number of hydrogen-bond donors (Lipinski definition) is 0. The highest BCUT2D eigenvalue weighted by molar-refractivity contribution is 7.00. The molecule has 1 aliphatic carbocycles.